The number of hydrogen-bond donors (Lipinski definition) is 1. The molecule has 1 aliphatic heterocycles. The van der Waals surface area contributed by atoms with Gasteiger partial charge < -0.3 is 10.2 Å². The summed E-state index contributed by atoms with van der Waals surface area (Å²) in [5, 5.41) is 3.24. The Bertz CT molecular complexity index is 658. The van der Waals surface area contributed by atoms with E-state index in [4.69, 9.17) is 0 Å². The van der Waals surface area contributed by atoms with Crippen LogP contribution >= 0.6 is 0 Å². The van der Waals surface area contributed by atoms with Crippen LogP contribution < -0.4 is 5.32 Å². The average Bonchev–Trinajstić information content (AvgIpc) is 2.84. The van der Waals surface area contributed by atoms with Gasteiger partial charge in [-0.2, -0.15) is 0 Å². The Kier molecular flexibility index (Phi) is 6.01. The number of nitrogens with one attached hydrogen (secondary N) is 1. The minimum atomic E-state index is -3.03. The van der Waals surface area contributed by atoms with Gasteiger partial charge in [-0.1, -0.05) is 24.3 Å². The van der Waals surface area contributed by atoms with Crippen LogP contribution in [0.25, 0.3) is 0 Å². The van der Waals surface area contributed by atoms with Crippen LogP contribution in [0.5, 0.6) is 0 Å². The van der Waals surface area contributed by atoms with Crippen LogP contribution in [0, 0.1) is 6.92 Å². The number of nitrogens with zero attached hydrogens (tertiary/aromatic N) is 3. The average molecular weight is 338 g/mol. The second kappa shape index (κ2) is 7.79. The molecule has 1 fully saturated rings. The maximum atomic E-state index is 11.8. The number of benzene rings is 1. The Morgan fingerprint density at radius 3 is 2.74 bits per heavy atom. The molecule has 1 aromatic carbocycles. The van der Waals surface area contributed by atoms with Gasteiger partial charge in [0.05, 0.1) is 5.75 Å². The molecule has 0 radical (unpaired) electrons. The molecule has 0 aliphatic carbocycles. The zero-order valence-corrected chi connectivity index (χ0v) is 14.9. The zero-order valence-electron chi connectivity index (χ0n) is 14.1. The van der Waals surface area contributed by atoms with Gasteiger partial charge in [-0.15, -0.1) is 0 Å². The van der Waals surface area contributed by atoms with Crippen molar-refractivity contribution in [3.05, 3.63) is 35.4 Å². The number of aryl methyl sites for hydroxylation is 1. The minimum absolute atomic E-state index is 0.273. The smallest absolute Gasteiger partial charge is 0.214 e. The Labute approximate surface area is 139 Å². The highest BCUT2D eigenvalue weighted by atomic mass is 32.2. The van der Waals surface area contributed by atoms with Gasteiger partial charge in [0, 0.05) is 40.3 Å². The van der Waals surface area contributed by atoms with E-state index in [2.05, 4.69) is 29.4 Å². The van der Waals surface area contributed by atoms with Crippen LogP contribution in [0.15, 0.2) is 29.3 Å². The lowest BCUT2D eigenvalue weighted by Gasteiger charge is -2.24. The molecule has 1 aromatic rings. The van der Waals surface area contributed by atoms with E-state index in [0.29, 0.717) is 19.6 Å². The molecular weight excluding hydrogens is 312 g/mol. The molecule has 1 aliphatic rings. The fraction of sp³-hybridized carbons (Fsp3) is 0.562. The molecule has 0 unspecified atom stereocenters. The van der Waals surface area contributed by atoms with E-state index < -0.39 is 10.0 Å². The van der Waals surface area contributed by atoms with Crippen molar-refractivity contribution in [2.45, 2.75) is 19.9 Å². The van der Waals surface area contributed by atoms with Crippen LogP contribution in [-0.2, 0) is 16.6 Å². The van der Waals surface area contributed by atoms with E-state index in [1.54, 1.807) is 11.4 Å². The molecule has 2 rings (SSSR count). The molecule has 0 aromatic heterocycles. The molecule has 23 heavy (non-hydrogen) atoms. The first kappa shape index (κ1) is 17.7. The maximum Gasteiger partial charge on any atom is 0.214 e. The first-order valence-electron chi connectivity index (χ1n) is 7.88. The van der Waals surface area contributed by atoms with E-state index in [1.807, 2.05) is 24.1 Å². The second-order valence-electron chi connectivity index (χ2n) is 5.83. The first-order chi connectivity index (χ1) is 10.9. The van der Waals surface area contributed by atoms with Crippen molar-refractivity contribution in [3.8, 4) is 0 Å². The van der Waals surface area contributed by atoms with Crippen molar-refractivity contribution < 1.29 is 8.42 Å². The van der Waals surface area contributed by atoms with Crippen LogP contribution in [0.1, 0.15) is 17.5 Å². The number of guanidine groups is 1. The molecule has 7 heteroatoms. The molecule has 0 bridgehead atoms. The van der Waals surface area contributed by atoms with Gasteiger partial charge in [0.25, 0.3) is 0 Å². The lowest BCUT2D eigenvalue weighted by atomic mass is 10.1. The summed E-state index contributed by atoms with van der Waals surface area (Å²) in [6.45, 7) is 4.52. The maximum absolute atomic E-state index is 11.8. The fourth-order valence-corrected chi connectivity index (χ4v) is 4.27. The summed E-state index contributed by atoms with van der Waals surface area (Å²) in [6, 6.07) is 8.26. The lowest BCUT2D eigenvalue weighted by molar-refractivity contribution is 0.432. The summed E-state index contributed by atoms with van der Waals surface area (Å²) in [5.41, 5.74) is 2.50. The van der Waals surface area contributed by atoms with Crippen molar-refractivity contribution in [1.29, 1.82) is 0 Å². The van der Waals surface area contributed by atoms with E-state index in [9.17, 15) is 8.42 Å². The summed E-state index contributed by atoms with van der Waals surface area (Å²) in [6.07, 6.45) is 0.726. The Morgan fingerprint density at radius 1 is 1.39 bits per heavy atom. The normalized spacial score (nSPS) is 18.1. The number of hydrogen-bond acceptors (Lipinski definition) is 3. The van der Waals surface area contributed by atoms with Crippen molar-refractivity contribution >= 4 is 16.0 Å². The predicted molar refractivity (Wildman–Crippen MR) is 94.0 cm³/mol. The first-order valence-corrected chi connectivity index (χ1v) is 9.49. The van der Waals surface area contributed by atoms with Crippen LogP contribution in [0.2, 0.25) is 0 Å². The quantitative estimate of drug-likeness (QED) is 0.643. The molecule has 0 saturated carbocycles. The third-order valence-corrected chi connectivity index (χ3v) is 6.05. The third kappa shape index (κ3) is 4.68. The van der Waals surface area contributed by atoms with Gasteiger partial charge in [0.1, 0.15) is 0 Å². The van der Waals surface area contributed by atoms with Crippen molar-refractivity contribution in [2.24, 2.45) is 4.99 Å². The van der Waals surface area contributed by atoms with E-state index in [0.717, 1.165) is 18.9 Å². The molecule has 6 nitrogen and oxygen atoms in total. The van der Waals surface area contributed by atoms with Gasteiger partial charge in [0.2, 0.25) is 10.0 Å². The lowest BCUT2D eigenvalue weighted by Crippen LogP contribution is -2.42. The molecule has 1 saturated heterocycles. The Morgan fingerprint density at radius 2 is 2.13 bits per heavy atom. The molecule has 1 heterocycles. The Hall–Kier alpha value is -1.60. The molecule has 1 N–H and O–H groups in total. The highest BCUT2D eigenvalue weighted by Gasteiger charge is 2.27. The van der Waals surface area contributed by atoms with Gasteiger partial charge in [-0.25, -0.2) is 12.7 Å². The van der Waals surface area contributed by atoms with Crippen LogP contribution in [0.4, 0.5) is 0 Å². The molecule has 0 atom stereocenters. The van der Waals surface area contributed by atoms with Gasteiger partial charge >= 0.3 is 0 Å². The second-order valence-corrected chi connectivity index (χ2v) is 7.91. The van der Waals surface area contributed by atoms with Crippen LogP contribution in [0.3, 0.4) is 0 Å². The molecule has 0 amide bonds. The van der Waals surface area contributed by atoms with Gasteiger partial charge in [-0.3, -0.25) is 4.99 Å². The summed E-state index contributed by atoms with van der Waals surface area (Å²) in [4.78, 5) is 6.32. The minimum Gasteiger partial charge on any atom is -0.355 e. The molecular formula is C16H26N4O2S. The predicted octanol–water partition coefficient (Wildman–Crippen LogP) is 1.04. The molecule has 128 valence electrons. The zero-order chi connectivity index (χ0) is 16.9. The van der Waals surface area contributed by atoms with E-state index >= 15 is 0 Å². The standard InChI is InChI=1S/C16H26N4O2S/c1-14-7-4-5-8-15(14)13-19(3)16(17-2)18-9-11-20-10-6-12-23(20,21)22/h4-5,7-8H,6,9-13H2,1-3H3,(H,17,18). The van der Waals surface area contributed by atoms with Crippen LogP contribution in [-0.4, -0.2) is 63.1 Å². The summed E-state index contributed by atoms with van der Waals surface area (Å²) < 4.78 is 25.1. The van der Waals surface area contributed by atoms with Gasteiger partial charge in [0.15, 0.2) is 5.96 Å². The number of rotatable bonds is 5. The summed E-state index contributed by atoms with van der Waals surface area (Å²) in [7, 11) is 0.694. The number of sulfonamides is 1. The third-order valence-electron chi connectivity index (χ3n) is 4.09. The largest absolute Gasteiger partial charge is 0.355 e. The highest BCUT2D eigenvalue weighted by Crippen LogP contribution is 2.12. The summed E-state index contributed by atoms with van der Waals surface area (Å²) in [5.74, 6) is 1.04. The fourth-order valence-electron chi connectivity index (χ4n) is 2.74. The van der Waals surface area contributed by atoms with Crippen molar-refractivity contribution in [2.75, 3.05) is 39.5 Å². The Balaban J connectivity index is 1.86. The van der Waals surface area contributed by atoms with E-state index in [1.165, 1.54) is 11.1 Å². The van der Waals surface area contributed by atoms with Crippen molar-refractivity contribution in [1.82, 2.24) is 14.5 Å². The van der Waals surface area contributed by atoms with Crippen molar-refractivity contribution in [3.63, 3.8) is 0 Å². The van der Waals surface area contributed by atoms with Gasteiger partial charge in [-0.05, 0) is 24.5 Å². The SMILES string of the molecule is CN=C(NCCN1CCCS1(=O)=O)N(C)Cc1ccccc1C. The highest BCUT2D eigenvalue weighted by molar-refractivity contribution is 7.89. The summed E-state index contributed by atoms with van der Waals surface area (Å²) >= 11 is 0. The molecule has 0 spiro atoms. The topological polar surface area (TPSA) is 65.0 Å². The monoisotopic (exact) mass is 338 g/mol. The van der Waals surface area contributed by atoms with E-state index in [-0.39, 0.29) is 5.75 Å². The number of aliphatic imine (C=N–C) groups is 1.